The van der Waals surface area contributed by atoms with E-state index in [4.69, 9.17) is 0 Å². The zero-order chi connectivity index (χ0) is 15.8. The van der Waals surface area contributed by atoms with E-state index in [9.17, 15) is 4.79 Å². The van der Waals surface area contributed by atoms with E-state index in [2.05, 4.69) is 24.8 Å². The minimum absolute atomic E-state index is 0.0429. The largest absolute Gasteiger partial charge is 0.353 e. The molecule has 4 rings (SSSR count). The smallest absolute Gasteiger partial charge is 0.293 e. The maximum atomic E-state index is 12.6. The molecular weight excluding hydrogens is 292 g/mol. The highest BCUT2D eigenvalue weighted by atomic mass is 16.1. The fraction of sp³-hybridized carbons (Fsp3) is 0.500. The molecule has 1 aliphatic heterocycles. The Morgan fingerprint density at radius 2 is 1.78 bits per heavy atom. The average Bonchev–Trinajstić information content (AvgIpc) is 3.40. The highest BCUT2D eigenvalue weighted by molar-refractivity contribution is 5.43. The lowest BCUT2D eigenvalue weighted by Crippen LogP contribution is -2.49. The molecule has 0 atom stereocenters. The highest BCUT2D eigenvalue weighted by Gasteiger charge is 2.27. The molecule has 1 saturated carbocycles. The number of piperazine rings is 1. The van der Waals surface area contributed by atoms with Gasteiger partial charge in [0.25, 0.3) is 5.56 Å². The van der Waals surface area contributed by atoms with Crippen LogP contribution in [-0.4, -0.2) is 45.7 Å². The average molecular weight is 312 g/mol. The van der Waals surface area contributed by atoms with Crippen molar-refractivity contribution in [1.29, 1.82) is 0 Å². The third-order valence-electron chi connectivity index (χ3n) is 4.45. The van der Waals surface area contributed by atoms with Crippen LogP contribution in [0.5, 0.6) is 0 Å². The molecule has 0 bridgehead atoms. The highest BCUT2D eigenvalue weighted by Crippen LogP contribution is 2.33. The van der Waals surface area contributed by atoms with Gasteiger partial charge in [-0.3, -0.25) is 4.79 Å². The topological polar surface area (TPSA) is 67.2 Å². The lowest BCUT2D eigenvalue weighted by molar-refractivity contribution is 0.624. The van der Waals surface area contributed by atoms with Gasteiger partial charge in [-0.05, 0) is 25.8 Å². The molecule has 1 aliphatic carbocycles. The van der Waals surface area contributed by atoms with Gasteiger partial charge in [0.15, 0.2) is 5.82 Å². The Bertz CT molecular complexity index is 761. The summed E-state index contributed by atoms with van der Waals surface area (Å²) in [7, 11) is 0. The molecule has 3 heterocycles. The maximum absolute atomic E-state index is 12.6. The number of rotatable bonds is 3. The van der Waals surface area contributed by atoms with E-state index in [-0.39, 0.29) is 5.56 Å². The second kappa shape index (κ2) is 5.64. The second-order valence-electron chi connectivity index (χ2n) is 6.13. The van der Waals surface area contributed by atoms with Gasteiger partial charge in [0.05, 0.1) is 0 Å². The number of aryl methyl sites for hydroxylation is 1. The molecule has 7 nitrogen and oxygen atoms in total. The summed E-state index contributed by atoms with van der Waals surface area (Å²) in [5.74, 6) is 2.31. The van der Waals surface area contributed by atoms with Crippen LogP contribution in [0.3, 0.4) is 0 Å². The lowest BCUT2D eigenvalue weighted by atomic mass is 10.3. The Morgan fingerprint density at radius 1 is 1.04 bits per heavy atom. The van der Waals surface area contributed by atoms with Crippen molar-refractivity contribution < 1.29 is 0 Å². The molecule has 2 aromatic heterocycles. The van der Waals surface area contributed by atoms with Crippen LogP contribution in [0.2, 0.25) is 0 Å². The van der Waals surface area contributed by atoms with E-state index in [1.165, 1.54) is 0 Å². The summed E-state index contributed by atoms with van der Waals surface area (Å²) in [6.07, 6.45) is 7.55. The van der Waals surface area contributed by atoms with E-state index in [1.54, 1.807) is 12.4 Å². The van der Waals surface area contributed by atoms with Gasteiger partial charge >= 0.3 is 0 Å². The lowest BCUT2D eigenvalue weighted by Gasteiger charge is -2.35. The van der Waals surface area contributed by atoms with Crippen LogP contribution in [0.1, 0.15) is 24.7 Å². The molecule has 0 unspecified atom stereocenters. The van der Waals surface area contributed by atoms with Crippen LogP contribution in [0.25, 0.3) is 0 Å². The Hall–Kier alpha value is -2.44. The minimum atomic E-state index is 0.0429. The van der Waals surface area contributed by atoms with Crippen molar-refractivity contribution in [2.75, 3.05) is 36.0 Å². The summed E-state index contributed by atoms with van der Waals surface area (Å²) < 4.78 is 1.84. The van der Waals surface area contributed by atoms with Crippen molar-refractivity contribution in [2.45, 2.75) is 25.8 Å². The SMILES string of the molecule is Cc1nccc(N2CCN(c3nccn(C4CC4)c3=O)CC2)n1. The summed E-state index contributed by atoms with van der Waals surface area (Å²) in [6.45, 7) is 5.11. The van der Waals surface area contributed by atoms with Gasteiger partial charge in [0, 0.05) is 50.8 Å². The van der Waals surface area contributed by atoms with Crippen LogP contribution in [0.4, 0.5) is 11.6 Å². The van der Waals surface area contributed by atoms with Gasteiger partial charge in [-0.15, -0.1) is 0 Å². The van der Waals surface area contributed by atoms with Crippen molar-refractivity contribution in [3.05, 3.63) is 40.8 Å². The number of hydrogen-bond acceptors (Lipinski definition) is 6. The number of nitrogens with zero attached hydrogens (tertiary/aromatic N) is 6. The van der Waals surface area contributed by atoms with Crippen LogP contribution >= 0.6 is 0 Å². The first-order chi connectivity index (χ1) is 11.2. The molecule has 120 valence electrons. The van der Waals surface area contributed by atoms with Gasteiger partial charge in [0.2, 0.25) is 0 Å². The third kappa shape index (κ3) is 2.78. The number of hydrogen-bond donors (Lipinski definition) is 0. The fourth-order valence-electron chi connectivity index (χ4n) is 3.04. The molecule has 2 aromatic rings. The van der Waals surface area contributed by atoms with Crippen molar-refractivity contribution in [3.8, 4) is 0 Å². The molecule has 7 heteroatoms. The molecule has 0 N–H and O–H groups in total. The first-order valence-corrected chi connectivity index (χ1v) is 8.09. The van der Waals surface area contributed by atoms with Gasteiger partial charge in [-0.2, -0.15) is 0 Å². The van der Waals surface area contributed by atoms with Crippen LogP contribution in [0, 0.1) is 6.92 Å². The molecule has 2 aliphatic rings. The van der Waals surface area contributed by atoms with Crippen molar-refractivity contribution in [2.24, 2.45) is 0 Å². The Labute approximate surface area is 134 Å². The van der Waals surface area contributed by atoms with Crippen molar-refractivity contribution in [1.82, 2.24) is 19.5 Å². The normalized spacial score (nSPS) is 18.3. The first-order valence-electron chi connectivity index (χ1n) is 8.09. The van der Waals surface area contributed by atoms with E-state index in [0.717, 1.165) is 50.7 Å². The Balaban J connectivity index is 1.50. The van der Waals surface area contributed by atoms with Crippen molar-refractivity contribution >= 4 is 11.6 Å². The zero-order valence-electron chi connectivity index (χ0n) is 13.2. The zero-order valence-corrected chi connectivity index (χ0v) is 13.2. The molecule has 0 spiro atoms. The first kappa shape index (κ1) is 14.2. The predicted molar refractivity (Wildman–Crippen MR) is 88.0 cm³/mol. The quantitative estimate of drug-likeness (QED) is 0.842. The van der Waals surface area contributed by atoms with Gasteiger partial charge in [0.1, 0.15) is 11.6 Å². The van der Waals surface area contributed by atoms with Gasteiger partial charge < -0.3 is 14.4 Å². The maximum Gasteiger partial charge on any atom is 0.293 e. The number of anilines is 2. The second-order valence-corrected chi connectivity index (χ2v) is 6.13. The molecular formula is C16H20N6O. The summed E-state index contributed by atoms with van der Waals surface area (Å²) in [5, 5.41) is 0. The van der Waals surface area contributed by atoms with E-state index >= 15 is 0 Å². The van der Waals surface area contributed by atoms with Gasteiger partial charge in [-0.25, -0.2) is 15.0 Å². The molecule has 23 heavy (non-hydrogen) atoms. The standard InChI is InChI=1S/C16H20N6O/c1-12-17-5-4-14(19-12)20-8-10-21(11-9-20)15-16(23)22(7-6-18-15)13-2-3-13/h4-7,13H,2-3,8-11H2,1H3. The predicted octanol–water partition coefficient (Wildman–Crippen LogP) is 1.00. The van der Waals surface area contributed by atoms with Crippen molar-refractivity contribution in [3.63, 3.8) is 0 Å². The van der Waals surface area contributed by atoms with E-state index in [0.29, 0.717) is 11.9 Å². The summed E-state index contributed by atoms with van der Waals surface area (Å²) in [4.78, 5) is 29.8. The van der Waals surface area contributed by atoms with Crippen LogP contribution < -0.4 is 15.4 Å². The Kier molecular flexibility index (Phi) is 3.48. The van der Waals surface area contributed by atoms with Crippen LogP contribution in [-0.2, 0) is 0 Å². The molecule has 2 fully saturated rings. The monoisotopic (exact) mass is 312 g/mol. The molecule has 0 aromatic carbocycles. The minimum Gasteiger partial charge on any atom is -0.353 e. The van der Waals surface area contributed by atoms with Crippen LogP contribution in [0.15, 0.2) is 29.5 Å². The third-order valence-corrected chi connectivity index (χ3v) is 4.45. The van der Waals surface area contributed by atoms with E-state index in [1.807, 2.05) is 23.8 Å². The Morgan fingerprint density at radius 3 is 2.48 bits per heavy atom. The summed E-state index contributed by atoms with van der Waals surface area (Å²) >= 11 is 0. The van der Waals surface area contributed by atoms with E-state index < -0.39 is 0 Å². The van der Waals surface area contributed by atoms with Gasteiger partial charge in [-0.1, -0.05) is 0 Å². The summed E-state index contributed by atoms with van der Waals surface area (Å²) in [5.41, 5.74) is 0.0429. The molecule has 0 radical (unpaired) electrons. The number of aromatic nitrogens is 4. The summed E-state index contributed by atoms with van der Waals surface area (Å²) in [6, 6.07) is 2.32. The fourth-order valence-corrected chi connectivity index (χ4v) is 3.04. The molecule has 1 saturated heterocycles. The molecule has 0 amide bonds.